The van der Waals surface area contributed by atoms with Gasteiger partial charge in [0.05, 0.1) is 17.5 Å². The van der Waals surface area contributed by atoms with Crippen LogP contribution in [0, 0.1) is 0 Å². The monoisotopic (exact) mass is 437 g/mol. The van der Waals surface area contributed by atoms with Crippen molar-refractivity contribution in [3.63, 3.8) is 0 Å². The summed E-state index contributed by atoms with van der Waals surface area (Å²) in [4.78, 5) is 32.3. The number of aromatic amines is 1. The molecule has 7 heteroatoms. The highest BCUT2D eigenvalue weighted by Gasteiger charge is 2.31. The summed E-state index contributed by atoms with van der Waals surface area (Å²) in [6.45, 7) is 3.09. The summed E-state index contributed by atoms with van der Waals surface area (Å²) >= 11 is 0. The molecule has 172 valence electrons. The lowest BCUT2D eigenvalue weighted by molar-refractivity contribution is -0.134. The fourth-order valence-electron chi connectivity index (χ4n) is 5.08. The summed E-state index contributed by atoms with van der Waals surface area (Å²) in [6, 6.07) is 10.3. The van der Waals surface area contributed by atoms with Crippen LogP contribution in [0.5, 0.6) is 0 Å². The second-order valence-corrected chi connectivity index (χ2v) is 9.36. The van der Waals surface area contributed by atoms with Crippen molar-refractivity contribution in [3.8, 4) is 0 Å². The molecule has 0 bridgehead atoms. The van der Waals surface area contributed by atoms with E-state index in [2.05, 4.69) is 22.1 Å². The van der Waals surface area contributed by atoms with Gasteiger partial charge >= 0.3 is 0 Å². The van der Waals surface area contributed by atoms with Crippen LogP contribution in [0.15, 0.2) is 36.5 Å². The number of amides is 2. The van der Waals surface area contributed by atoms with Gasteiger partial charge in [-0.1, -0.05) is 36.8 Å². The molecule has 1 N–H and O–H groups in total. The summed E-state index contributed by atoms with van der Waals surface area (Å²) < 4.78 is 0. The SMILES string of the molecule is CN(Cc1ccccc1)C(=O)c1cn[nH]c1[C@@H]1CCCN(C(=O)C[C@H]2CCCCN2C)C1. The van der Waals surface area contributed by atoms with Gasteiger partial charge in [0.25, 0.3) is 5.91 Å². The first-order chi connectivity index (χ1) is 15.5. The third-order valence-corrected chi connectivity index (χ3v) is 7.02. The van der Waals surface area contributed by atoms with E-state index in [1.165, 1.54) is 12.8 Å². The topological polar surface area (TPSA) is 72.5 Å². The lowest BCUT2D eigenvalue weighted by Gasteiger charge is -2.36. The second kappa shape index (κ2) is 10.3. The Bertz CT molecular complexity index is 912. The summed E-state index contributed by atoms with van der Waals surface area (Å²) in [5.74, 6) is 0.315. The Morgan fingerprint density at radius 1 is 1.12 bits per heavy atom. The number of carbonyl (C=O) groups excluding carboxylic acids is 2. The molecule has 2 saturated heterocycles. The first-order valence-corrected chi connectivity index (χ1v) is 11.8. The van der Waals surface area contributed by atoms with Crippen LogP contribution < -0.4 is 0 Å². The van der Waals surface area contributed by atoms with Gasteiger partial charge in [0.15, 0.2) is 0 Å². The highest BCUT2D eigenvalue weighted by molar-refractivity contribution is 5.95. The number of carbonyl (C=O) groups is 2. The molecule has 2 aromatic rings. The van der Waals surface area contributed by atoms with Crippen LogP contribution in [-0.2, 0) is 11.3 Å². The summed E-state index contributed by atoms with van der Waals surface area (Å²) in [5, 5.41) is 7.28. The minimum absolute atomic E-state index is 0.0371. The zero-order valence-electron chi connectivity index (χ0n) is 19.3. The number of hydrogen-bond donors (Lipinski definition) is 1. The molecule has 4 rings (SSSR count). The molecule has 0 unspecified atom stereocenters. The molecule has 1 aromatic heterocycles. The average Bonchev–Trinajstić information content (AvgIpc) is 3.31. The van der Waals surface area contributed by atoms with Crippen molar-refractivity contribution in [1.82, 2.24) is 24.9 Å². The van der Waals surface area contributed by atoms with Gasteiger partial charge in [-0.15, -0.1) is 0 Å². The molecule has 2 aliphatic rings. The van der Waals surface area contributed by atoms with Gasteiger partial charge in [-0.25, -0.2) is 0 Å². The van der Waals surface area contributed by atoms with Crippen LogP contribution in [0.2, 0.25) is 0 Å². The summed E-state index contributed by atoms with van der Waals surface area (Å²) in [6.07, 6.45) is 7.67. The minimum atomic E-state index is -0.0371. The minimum Gasteiger partial charge on any atom is -0.342 e. The smallest absolute Gasteiger partial charge is 0.257 e. The number of likely N-dealkylation sites (tertiary alicyclic amines) is 2. The Hall–Kier alpha value is -2.67. The van der Waals surface area contributed by atoms with Gasteiger partial charge in [-0.2, -0.15) is 5.10 Å². The molecule has 2 atom stereocenters. The Kier molecular flexibility index (Phi) is 7.25. The highest BCUT2D eigenvalue weighted by atomic mass is 16.2. The van der Waals surface area contributed by atoms with Gasteiger partial charge in [-0.3, -0.25) is 14.7 Å². The predicted molar refractivity (Wildman–Crippen MR) is 124 cm³/mol. The number of piperidine rings is 2. The van der Waals surface area contributed by atoms with E-state index in [-0.39, 0.29) is 17.7 Å². The van der Waals surface area contributed by atoms with E-state index in [1.807, 2.05) is 42.3 Å². The second-order valence-electron chi connectivity index (χ2n) is 9.36. The van der Waals surface area contributed by atoms with E-state index >= 15 is 0 Å². The lowest BCUT2D eigenvalue weighted by atomic mass is 9.91. The van der Waals surface area contributed by atoms with E-state index in [4.69, 9.17) is 0 Å². The Labute approximate surface area is 190 Å². The van der Waals surface area contributed by atoms with Crippen LogP contribution in [0.3, 0.4) is 0 Å². The van der Waals surface area contributed by atoms with Gasteiger partial charge in [0.2, 0.25) is 5.91 Å². The summed E-state index contributed by atoms with van der Waals surface area (Å²) in [5.41, 5.74) is 2.58. The molecule has 0 aliphatic carbocycles. The van der Waals surface area contributed by atoms with Crippen molar-refractivity contribution in [2.45, 2.75) is 57.0 Å². The number of nitrogens with one attached hydrogen (secondary N) is 1. The highest BCUT2D eigenvalue weighted by Crippen LogP contribution is 2.29. The Morgan fingerprint density at radius 3 is 2.72 bits per heavy atom. The maximum Gasteiger partial charge on any atom is 0.257 e. The number of aromatic nitrogens is 2. The van der Waals surface area contributed by atoms with Crippen LogP contribution in [0.4, 0.5) is 0 Å². The zero-order chi connectivity index (χ0) is 22.5. The molecule has 7 nitrogen and oxygen atoms in total. The fraction of sp³-hybridized carbons (Fsp3) is 0.560. The van der Waals surface area contributed by atoms with Crippen molar-refractivity contribution in [2.75, 3.05) is 33.7 Å². The van der Waals surface area contributed by atoms with Crippen LogP contribution >= 0.6 is 0 Å². The Balaban J connectivity index is 1.40. The normalized spacial score (nSPS) is 22.0. The quantitative estimate of drug-likeness (QED) is 0.753. The van der Waals surface area contributed by atoms with Gasteiger partial charge < -0.3 is 14.7 Å². The van der Waals surface area contributed by atoms with Crippen molar-refractivity contribution < 1.29 is 9.59 Å². The first kappa shape index (κ1) is 22.5. The van der Waals surface area contributed by atoms with E-state index in [1.54, 1.807) is 11.1 Å². The maximum atomic E-state index is 13.2. The number of H-pyrrole nitrogens is 1. The molecule has 32 heavy (non-hydrogen) atoms. The van der Waals surface area contributed by atoms with Crippen LogP contribution in [0.1, 0.15) is 66.1 Å². The van der Waals surface area contributed by atoms with Crippen LogP contribution in [0.25, 0.3) is 0 Å². The third kappa shape index (κ3) is 5.21. The van der Waals surface area contributed by atoms with Crippen molar-refractivity contribution in [1.29, 1.82) is 0 Å². The number of benzene rings is 1. The van der Waals surface area contributed by atoms with Crippen molar-refractivity contribution in [3.05, 3.63) is 53.3 Å². The van der Waals surface area contributed by atoms with Gasteiger partial charge in [0, 0.05) is 45.1 Å². The molecular formula is C25H35N5O2. The number of nitrogens with zero attached hydrogens (tertiary/aromatic N) is 4. The number of rotatable bonds is 6. The molecule has 1 aromatic carbocycles. The molecule has 2 amide bonds. The summed E-state index contributed by atoms with van der Waals surface area (Å²) in [7, 11) is 3.95. The predicted octanol–water partition coefficient (Wildman–Crippen LogP) is 3.26. The molecule has 3 heterocycles. The molecule has 0 radical (unpaired) electrons. The fourth-order valence-corrected chi connectivity index (χ4v) is 5.08. The number of hydrogen-bond acceptors (Lipinski definition) is 4. The van der Waals surface area contributed by atoms with Gasteiger partial charge in [0.1, 0.15) is 0 Å². The molecular weight excluding hydrogens is 402 g/mol. The Morgan fingerprint density at radius 2 is 1.94 bits per heavy atom. The van der Waals surface area contributed by atoms with E-state index in [0.717, 1.165) is 43.6 Å². The largest absolute Gasteiger partial charge is 0.342 e. The first-order valence-electron chi connectivity index (χ1n) is 11.8. The third-order valence-electron chi connectivity index (χ3n) is 7.02. The van der Waals surface area contributed by atoms with Crippen molar-refractivity contribution >= 4 is 11.8 Å². The van der Waals surface area contributed by atoms with Crippen LogP contribution in [-0.4, -0.2) is 76.5 Å². The molecule has 2 fully saturated rings. The standard InChI is InChI=1S/C25H35N5O2/c1-28-13-7-6-12-21(28)15-23(31)30-14-8-11-20(18-30)24-22(16-26-27-24)25(32)29(2)17-19-9-4-3-5-10-19/h3-5,9-10,16,20-21H,6-8,11-15,17-18H2,1-2H3,(H,26,27)/t20-,21-/m1/s1. The average molecular weight is 438 g/mol. The molecule has 0 saturated carbocycles. The van der Waals surface area contributed by atoms with E-state index < -0.39 is 0 Å². The van der Waals surface area contributed by atoms with Gasteiger partial charge in [-0.05, 0) is 44.8 Å². The molecule has 2 aliphatic heterocycles. The lowest BCUT2D eigenvalue weighted by Crippen LogP contribution is -2.44. The van der Waals surface area contributed by atoms with E-state index in [0.29, 0.717) is 31.1 Å². The molecule has 0 spiro atoms. The van der Waals surface area contributed by atoms with Crippen molar-refractivity contribution in [2.24, 2.45) is 0 Å². The zero-order valence-corrected chi connectivity index (χ0v) is 19.3. The maximum absolute atomic E-state index is 13.2. The van der Waals surface area contributed by atoms with E-state index in [9.17, 15) is 9.59 Å².